The van der Waals surface area contributed by atoms with Crippen molar-refractivity contribution in [1.82, 2.24) is 15.0 Å². The number of carbonyl (C=O) groups excluding carboxylic acids is 1. The van der Waals surface area contributed by atoms with Crippen LogP contribution in [0.5, 0.6) is 0 Å². The summed E-state index contributed by atoms with van der Waals surface area (Å²) in [5, 5.41) is 30.1. The highest BCUT2D eigenvalue weighted by Gasteiger charge is 2.64. The van der Waals surface area contributed by atoms with Gasteiger partial charge in [-0.1, -0.05) is 24.6 Å². The summed E-state index contributed by atoms with van der Waals surface area (Å²) >= 11 is 0. The lowest BCUT2D eigenvalue weighted by atomic mass is 9.48. The van der Waals surface area contributed by atoms with Crippen LogP contribution in [0.15, 0.2) is 42.1 Å². The Morgan fingerprint density at radius 3 is 2.66 bits per heavy atom. The average Bonchev–Trinajstić information content (AvgIpc) is 3.43. The van der Waals surface area contributed by atoms with Crippen molar-refractivity contribution in [1.29, 1.82) is 0 Å². The number of aliphatic hydroxyl groups is 1. The van der Waals surface area contributed by atoms with Crippen LogP contribution in [-0.4, -0.2) is 37.0 Å². The van der Waals surface area contributed by atoms with Crippen LogP contribution in [0.2, 0.25) is 0 Å². The number of ketones is 1. The number of hydrogen-bond donors (Lipinski definition) is 2. The third-order valence-corrected chi connectivity index (χ3v) is 10.1. The second-order valence-electron chi connectivity index (χ2n) is 11.6. The first kappa shape index (κ1) is 22.7. The molecule has 1 aromatic carbocycles. The van der Waals surface area contributed by atoms with Gasteiger partial charge in [0.25, 0.3) is 0 Å². The zero-order valence-corrected chi connectivity index (χ0v) is 20.4. The van der Waals surface area contributed by atoms with E-state index in [-0.39, 0.29) is 11.0 Å². The number of carbonyl (C=O) groups is 2. The molecule has 3 fully saturated rings. The minimum absolute atomic E-state index is 0.220. The van der Waals surface area contributed by atoms with Crippen LogP contribution in [0.3, 0.4) is 0 Å². The van der Waals surface area contributed by atoms with Crippen LogP contribution in [0.25, 0.3) is 5.69 Å². The van der Waals surface area contributed by atoms with Crippen molar-refractivity contribution in [3.63, 3.8) is 0 Å². The Labute approximate surface area is 205 Å². The molecule has 7 nitrogen and oxygen atoms in total. The van der Waals surface area contributed by atoms with Gasteiger partial charge in [0.05, 0.1) is 17.4 Å². The van der Waals surface area contributed by atoms with Crippen LogP contribution >= 0.6 is 0 Å². The number of hydrogen-bond acceptors (Lipinski definition) is 5. The van der Waals surface area contributed by atoms with E-state index >= 15 is 0 Å². The molecule has 1 heterocycles. The molecule has 7 heteroatoms. The van der Waals surface area contributed by atoms with Crippen LogP contribution in [-0.2, 0) is 10.4 Å². The lowest BCUT2D eigenvalue weighted by Gasteiger charge is -2.57. The standard InChI is InChI=1S/C28H33N3O4/c1-16-13-18-14-20(32)7-8-21(18)22-9-11-27(2)23(25(16)22)10-12-28(27,35)24-15-31(30-29-24)19-5-3-17(4-6-19)26(33)34/h3-6,14-16,21-23,25,35H,7-13H2,1-2H3,(H,33,34)/t16?,21?,22?,23?,25?,27-,28+/m0/s1. The van der Waals surface area contributed by atoms with Crippen LogP contribution in [0.1, 0.15) is 74.8 Å². The minimum atomic E-state index is -1.04. The summed E-state index contributed by atoms with van der Waals surface area (Å²) in [5.74, 6) is 1.92. The van der Waals surface area contributed by atoms with Gasteiger partial charge in [-0.3, -0.25) is 4.79 Å². The molecule has 2 N–H and O–H groups in total. The van der Waals surface area contributed by atoms with E-state index in [9.17, 15) is 14.7 Å². The Kier molecular flexibility index (Phi) is 5.08. The fraction of sp³-hybridized carbons (Fsp3) is 0.571. The molecular weight excluding hydrogens is 442 g/mol. The molecule has 0 bridgehead atoms. The number of benzene rings is 1. The Bertz CT molecular complexity index is 1220. The van der Waals surface area contributed by atoms with Gasteiger partial charge < -0.3 is 10.2 Å². The van der Waals surface area contributed by atoms with E-state index in [0.29, 0.717) is 59.6 Å². The topological polar surface area (TPSA) is 105 Å². The molecule has 0 amide bonds. The van der Waals surface area contributed by atoms with Gasteiger partial charge in [0.15, 0.2) is 5.78 Å². The number of nitrogens with zero attached hydrogens (tertiary/aromatic N) is 3. The highest BCUT2D eigenvalue weighted by molar-refractivity contribution is 5.91. The van der Waals surface area contributed by atoms with Crippen LogP contribution in [0.4, 0.5) is 0 Å². The number of rotatable bonds is 3. The van der Waals surface area contributed by atoms with Gasteiger partial charge >= 0.3 is 5.97 Å². The molecular formula is C28H33N3O4. The maximum Gasteiger partial charge on any atom is 0.335 e. The normalized spacial score (nSPS) is 38.3. The van der Waals surface area contributed by atoms with Gasteiger partial charge in [-0.2, -0.15) is 0 Å². The second-order valence-corrected chi connectivity index (χ2v) is 11.6. The molecule has 1 aromatic heterocycles. The highest BCUT2D eigenvalue weighted by atomic mass is 16.4. The molecule has 0 aliphatic heterocycles. The molecule has 6 rings (SSSR count). The second kappa shape index (κ2) is 7.85. The van der Waals surface area contributed by atoms with Crippen molar-refractivity contribution in [2.45, 2.75) is 64.4 Å². The number of carboxylic acid groups (broad SMARTS) is 1. The predicted molar refractivity (Wildman–Crippen MR) is 129 cm³/mol. The molecule has 184 valence electrons. The fourth-order valence-corrected chi connectivity index (χ4v) is 8.36. The summed E-state index contributed by atoms with van der Waals surface area (Å²) in [6.45, 7) is 4.60. The van der Waals surface area contributed by atoms with Gasteiger partial charge in [-0.05, 0) is 98.5 Å². The maximum absolute atomic E-state index is 12.2. The zero-order valence-electron chi connectivity index (χ0n) is 20.4. The molecule has 35 heavy (non-hydrogen) atoms. The van der Waals surface area contributed by atoms with Crippen molar-refractivity contribution < 1.29 is 19.8 Å². The summed E-state index contributed by atoms with van der Waals surface area (Å²) in [5.41, 5.74) is 1.60. The van der Waals surface area contributed by atoms with Crippen molar-refractivity contribution in [2.24, 2.45) is 35.0 Å². The third-order valence-electron chi connectivity index (χ3n) is 10.1. The molecule has 0 radical (unpaired) electrons. The SMILES string of the molecule is CC1CC2=CC(=O)CCC2C2CC[C@@]3(C)C(CC[C@@]3(O)c3cn(-c4ccc(C(=O)O)cc4)nn3)C12. The number of aromatic carboxylic acids is 1. The van der Waals surface area contributed by atoms with Crippen molar-refractivity contribution >= 4 is 11.8 Å². The van der Waals surface area contributed by atoms with Gasteiger partial charge in [-0.25, -0.2) is 9.48 Å². The van der Waals surface area contributed by atoms with Gasteiger partial charge in [0, 0.05) is 11.8 Å². The van der Waals surface area contributed by atoms with Gasteiger partial charge in [0.2, 0.25) is 0 Å². The monoisotopic (exact) mass is 475 g/mol. The van der Waals surface area contributed by atoms with E-state index in [2.05, 4.69) is 24.2 Å². The van der Waals surface area contributed by atoms with Crippen molar-refractivity contribution in [3.8, 4) is 5.69 Å². The van der Waals surface area contributed by atoms with E-state index < -0.39 is 11.6 Å². The summed E-state index contributed by atoms with van der Waals surface area (Å²) < 4.78 is 1.63. The molecule has 3 saturated carbocycles. The first-order valence-electron chi connectivity index (χ1n) is 12.9. The van der Waals surface area contributed by atoms with Crippen molar-refractivity contribution in [2.75, 3.05) is 0 Å². The predicted octanol–water partition coefficient (Wildman–Crippen LogP) is 4.54. The number of aromatic nitrogens is 3. The fourth-order valence-electron chi connectivity index (χ4n) is 8.36. The van der Waals surface area contributed by atoms with Crippen LogP contribution in [0, 0.1) is 35.0 Å². The third kappa shape index (κ3) is 3.27. The van der Waals surface area contributed by atoms with E-state index in [0.717, 1.165) is 32.1 Å². The van der Waals surface area contributed by atoms with E-state index in [4.69, 9.17) is 5.11 Å². The molecule has 4 aliphatic carbocycles. The van der Waals surface area contributed by atoms with E-state index in [1.54, 1.807) is 28.9 Å². The average molecular weight is 476 g/mol. The number of allylic oxidation sites excluding steroid dienone is 1. The molecule has 0 saturated heterocycles. The number of carboxylic acids is 1. The lowest BCUT2D eigenvalue weighted by Crippen LogP contribution is -2.53. The highest BCUT2D eigenvalue weighted by Crippen LogP contribution is 2.68. The first-order chi connectivity index (χ1) is 16.7. The number of fused-ring (bicyclic) bond motifs is 5. The molecule has 7 atom stereocenters. The summed E-state index contributed by atoms with van der Waals surface area (Å²) in [4.78, 5) is 23.2. The quantitative estimate of drug-likeness (QED) is 0.675. The molecule has 4 aliphatic rings. The lowest BCUT2D eigenvalue weighted by molar-refractivity contribution is -0.134. The smallest absolute Gasteiger partial charge is 0.335 e. The Morgan fingerprint density at radius 1 is 1.14 bits per heavy atom. The Balaban J connectivity index is 1.30. The Hall–Kier alpha value is -2.80. The van der Waals surface area contributed by atoms with Gasteiger partial charge in [-0.15, -0.1) is 5.10 Å². The molecule has 2 aromatic rings. The Morgan fingerprint density at radius 2 is 1.91 bits per heavy atom. The summed E-state index contributed by atoms with van der Waals surface area (Å²) in [6.07, 6.45) is 10.1. The van der Waals surface area contributed by atoms with E-state index in [1.165, 1.54) is 5.57 Å². The zero-order chi connectivity index (χ0) is 24.5. The first-order valence-corrected chi connectivity index (χ1v) is 12.9. The van der Waals surface area contributed by atoms with Crippen molar-refractivity contribution in [3.05, 3.63) is 53.4 Å². The van der Waals surface area contributed by atoms with E-state index in [1.807, 2.05) is 12.3 Å². The largest absolute Gasteiger partial charge is 0.478 e. The molecule has 0 spiro atoms. The van der Waals surface area contributed by atoms with Crippen LogP contribution < -0.4 is 0 Å². The minimum Gasteiger partial charge on any atom is -0.478 e. The molecule has 5 unspecified atom stereocenters. The summed E-state index contributed by atoms with van der Waals surface area (Å²) in [6, 6.07) is 6.52. The maximum atomic E-state index is 12.2. The summed E-state index contributed by atoms with van der Waals surface area (Å²) in [7, 11) is 0. The van der Waals surface area contributed by atoms with Gasteiger partial charge in [0.1, 0.15) is 11.3 Å².